The van der Waals surface area contributed by atoms with Gasteiger partial charge in [-0.25, -0.2) is 4.39 Å². The fourth-order valence-electron chi connectivity index (χ4n) is 4.86. The van der Waals surface area contributed by atoms with Gasteiger partial charge in [-0.15, -0.1) is 0 Å². The van der Waals surface area contributed by atoms with E-state index >= 15 is 0 Å². The third kappa shape index (κ3) is 4.45. The standard InChI is InChI=1S/C25H25FN4OSi/c1-32-25(15-28,30-24(31)23-12-19-3-2-4-22(19)29-23)13-20-10-9-18(11-21(20)26)17-7-5-16(14-27)6-8-17/h5-11,19,22-23,29H,2-4,12-13H2,1H3,(H,30,31)/t19-,22-,23-,25-/m0/s1. The number of carbonyl (C=O) groups excluding carboxylic acids is 1. The van der Waals surface area contributed by atoms with E-state index in [9.17, 15) is 14.4 Å². The van der Waals surface area contributed by atoms with Crippen LogP contribution in [0.5, 0.6) is 0 Å². The van der Waals surface area contributed by atoms with E-state index < -0.39 is 11.0 Å². The molecule has 0 bridgehead atoms. The SMILES string of the molecule is C[Si][C@](C#N)(Cc1ccc(-c2ccc(C#N)cc2)cc1F)NC(=O)[C@@H]1C[C@@H]2CCC[C@@H]2N1. The summed E-state index contributed by atoms with van der Waals surface area (Å²) in [6.07, 6.45) is 4.37. The first-order chi connectivity index (χ1) is 15.5. The minimum absolute atomic E-state index is 0.102. The van der Waals surface area contributed by atoms with Gasteiger partial charge in [0.1, 0.15) is 11.0 Å². The average Bonchev–Trinajstić information content (AvgIpc) is 3.42. The molecular formula is C25H25FN4OSi. The van der Waals surface area contributed by atoms with Crippen LogP contribution in [-0.4, -0.2) is 32.7 Å². The summed E-state index contributed by atoms with van der Waals surface area (Å²) in [5, 5.41) is 24.1. The van der Waals surface area contributed by atoms with Crippen molar-refractivity contribution in [2.45, 2.75) is 55.9 Å². The Morgan fingerprint density at radius 3 is 2.59 bits per heavy atom. The van der Waals surface area contributed by atoms with Crippen LogP contribution < -0.4 is 10.6 Å². The van der Waals surface area contributed by atoms with Crippen molar-refractivity contribution in [1.82, 2.24) is 10.6 Å². The second-order valence-corrected chi connectivity index (χ2v) is 10.0. The van der Waals surface area contributed by atoms with Gasteiger partial charge in [0.05, 0.1) is 33.3 Å². The van der Waals surface area contributed by atoms with Crippen molar-refractivity contribution in [1.29, 1.82) is 10.5 Å². The number of nitrogens with one attached hydrogen (secondary N) is 2. The van der Waals surface area contributed by atoms with E-state index in [1.807, 2.05) is 12.6 Å². The van der Waals surface area contributed by atoms with Gasteiger partial charge >= 0.3 is 0 Å². The molecule has 1 heterocycles. The number of amides is 1. The van der Waals surface area contributed by atoms with E-state index in [0.717, 1.165) is 24.8 Å². The molecule has 1 saturated carbocycles. The van der Waals surface area contributed by atoms with Gasteiger partial charge in [-0.1, -0.05) is 37.2 Å². The Labute approximate surface area is 190 Å². The summed E-state index contributed by atoms with van der Waals surface area (Å²) >= 11 is 0. The Hall–Kier alpha value is -3.00. The number of benzene rings is 2. The molecular weight excluding hydrogens is 419 g/mol. The summed E-state index contributed by atoms with van der Waals surface area (Å²) in [7, 11) is 0.102. The van der Waals surface area contributed by atoms with Crippen LogP contribution in [0.25, 0.3) is 11.1 Å². The second kappa shape index (κ2) is 9.24. The van der Waals surface area contributed by atoms with Gasteiger partial charge in [-0.2, -0.15) is 10.5 Å². The Balaban J connectivity index is 1.49. The summed E-state index contributed by atoms with van der Waals surface area (Å²) in [4.78, 5) is 12.9. The topological polar surface area (TPSA) is 88.7 Å². The van der Waals surface area contributed by atoms with Crippen molar-refractivity contribution >= 4 is 15.4 Å². The predicted molar refractivity (Wildman–Crippen MR) is 121 cm³/mol. The highest BCUT2D eigenvalue weighted by atomic mass is 28.2. The predicted octanol–water partition coefficient (Wildman–Crippen LogP) is 3.53. The molecule has 4 rings (SSSR count). The lowest BCUT2D eigenvalue weighted by Gasteiger charge is -2.28. The molecule has 2 radical (unpaired) electrons. The van der Waals surface area contributed by atoms with E-state index in [1.165, 1.54) is 12.5 Å². The smallest absolute Gasteiger partial charge is 0.238 e. The molecule has 0 unspecified atom stereocenters. The molecule has 1 aliphatic carbocycles. The first-order valence-electron chi connectivity index (χ1n) is 10.9. The lowest BCUT2D eigenvalue weighted by molar-refractivity contribution is -0.123. The van der Waals surface area contributed by atoms with Crippen LogP contribution >= 0.6 is 0 Å². The number of fused-ring (bicyclic) bond motifs is 1. The molecule has 2 aromatic rings. The highest BCUT2D eigenvalue weighted by Crippen LogP contribution is 2.35. The largest absolute Gasteiger partial charge is 0.340 e. The van der Waals surface area contributed by atoms with Crippen LogP contribution in [0.3, 0.4) is 0 Å². The molecule has 32 heavy (non-hydrogen) atoms. The Kier molecular flexibility index (Phi) is 6.41. The Morgan fingerprint density at radius 2 is 1.97 bits per heavy atom. The summed E-state index contributed by atoms with van der Waals surface area (Å²) in [6, 6.07) is 16.3. The second-order valence-electron chi connectivity index (χ2n) is 8.68. The first-order valence-corrected chi connectivity index (χ1v) is 12.4. The number of halogens is 1. The molecule has 162 valence electrons. The summed E-state index contributed by atoms with van der Waals surface area (Å²) in [5.74, 6) is -0.0315. The molecule has 1 aliphatic heterocycles. The molecule has 4 atom stereocenters. The maximum absolute atomic E-state index is 15.0. The number of nitrogens with zero attached hydrogens (tertiary/aromatic N) is 2. The van der Waals surface area contributed by atoms with Crippen LogP contribution in [0.4, 0.5) is 4.39 Å². The summed E-state index contributed by atoms with van der Waals surface area (Å²) in [5.41, 5.74) is 2.45. The van der Waals surface area contributed by atoms with Gasteiger partial charge in [0, 0.05) is 12.5 Å². The zero-order valence-corrected chi connectivity index (χ0v) is 19.0. The van der Waals surface area contributed by atoms with Gasteiger partial charge in [0.2, 0.25) is 5.91 Å². The summed E-state index contributed by atoms with van der Waals surface area (Å²) < 4.78 is 15.0. The molecule has 2 aliphatic rings. The Bertz CT molecular complexity index is 1080. The molecule has 2 fully saturated rings. The number of carbonyl (C=O) groups is 1. The number of hydrogen-bond acceptors (Lipinski definition) is 4. The van der Waals surface area contributed by atoms with Crippen LogP contribution in [0.2, 0.25) is 6.55 Å². The van der Waals surface area contributed by atoms with Crippen LogP contribution in [-0.2, 0) is 11.2 Å². The van der Waals surface area contributed by atoms with Gasteiger partial charge in [0.15, 0.2) is 0 Å². The van der Waals surface area contributed by atoms with Crippen molar-refractivity contribution in [3.63, 3.8) is 0 Å². The number of rotatable bonds is 6. The molecule has 7 heteroatoms. The minimum Gasteiger partial charge on any atom is -0.340 e. The normalized spacial score (nSPS) is 23.6. The van der Waals surface area contributed by atoms with Gasteiger partial charge in [-0.05, 0) is 60.1 Å². The maximum atomic E-state index is 15.0. The van der Waals surface area contributed by atoms with E-state index in [-0.39, 0.29) is 27.9 Å². The molecule has 0 spiro atoms. The monoisotopic (exact) mass is 444 g/mol. The third-order valence-corrected chi connectivity index (χ3v) is 8.01. The van der Waals surface area contributed by atoms with E-state index in [0.29, 0.717) is 28.7 Å². The van der Waals surface area contributed by atoms with Crippen LogP contribution in [0.15, 0.2) is 42.5 Å². The maximum Gasteiger partial charge on any atom is 0.238 e. The van der Waals surface area contributed by atoms with Gasteiger partial charge < -0.3 is 10.6 Å². The number of hydrogen-bond donors (Lipinski definition) is 2. The van der Waals surface area contributed by atoms with Crippen molar-refractivity contribution in [2.24, 2.45) is 5.92 Å². The van der Waals surface area contributed by atoms with E-state index in [4.69, 9.17) is 5.26 Å². The van der Waals surface area contributed by atoms with Crippen LogP contribution in [0, 0.1) is 34.4 Å². The van der Waals surface area contributed by atoms with Gasteiger partial charge in [-0.3, -0.25) is 4.79 Å². The number of nitriles is 2. The third-order valence-electron chi connectivity index (χ3n) is 6.74. The molecule has 2 N–H and O–H groups in total. The molecule has 2 aromatic carbocycles. The van der Waals surface area contributed by atoms with E-state index in [2.05, 4.69) is 22.8 Å². The van der Waals surface area contributed by atoms with Crippen molar-refractivity contribution in [3.8, 4) is 23.3 Å². The quantitative estimate of drug-likeness (QED) is 0.667. The fraction of sp³-hybridized carbons (Fsp3) is 0.400. The molecule has 0 aromatic heterocycles. The van der Waals surface area contributed by atoms with Gasteiger partial charge in [0.25, 0.3) is 0 Å². The zero-order chi connectivity index (χ0) is 22.7. The van der Waals surface area contributed by atoms with Crippen molar-refractivity contribution in [3.05, 3.63) is 59.4 Å². The molecule has 1 amide bonds. The molecule has 1 saturated heterocycles. The average molecular weight is 445 g/mol. The van der Waals surface area contributed by atoms with Crippen molar-refractivity contribution in [2.75, 3.05) is 0 Å². The van der Waals surface area contributed by atoms with Crippen molar-refractivity contribution < 1.29 is 9.18 Å². The zero-order valence-electron chi connectivity index (χ0n) is 18.0. The lowest BCUT2D eigenvalue weighted by Crippen LogP contribution is -2.57. The fourth-order valence-corrected chi connectivity index (χ4v) is 5.59. The Morgan fingerprint density at radius 1 is 1.22 bits per heavy atom. The first kappa shape index (κ1) is 22.2. The minimum atomic E-state index is -1.13. The lowest BCUT2D eigenvalue weighted by atomic mass is 9.98. The van der Waals surface area contributed by atoms with E-state index in [1.54, 1.807) is 30.3 Å². The highest BCUT2D eigenvalue weighted by molar-refractivity contribution is 6.40. The molecule has 5 nitrogen and oxygen atoms in total. The summed E-state index contributed by atoms with van der Waals surface area (Å²) in [6.45, 7) is 1.86. The highest BCUT2D eigenvalue weighted by Gasteiger charge is 2.42. The van der Waals surface area contributed by atoms with Crippen LogP contribution in [0.1, 0.15) is 36.8 Å².